The van der Waals surface area contributed by atoms with E-state index in [2.05, 4.69) is 54.1 Å². The van der Waals surface area contributed by atoms with Gasteiger partial charge in [0.15, 0.2) is 0 Å². The molecule has 6 nitrogen and oxygen atoms in total. The van der Waals surface area contributed by atoms with Crippen LogP contribution in [-0.2, 0) is 13.0 Å². The fourth-order valence-electron chi connectivity index (χ4n) is 6.29. The summed E-state index contributed by atoms with van der Waals surface area (Å²) in [5.41, 5.74) is 10.7. The topological polar surface area (TPSA) is 55.5 Å². The predicted octanol–water partition coefficient (Wildman–Crippen LogP) is 5.00. The second kappa shape index (κ2) is 9.12. The molecule has 6 rings (SSSR count). The van der Waals surface area contributed by atoms with E-state index in [1.807, 2.05) is 36.7 Å². The zero-order valence-electron chi connectivity index (χ0n) is 22.4. The largest absolute Gasteiger partial charge is 0.346 e. The highest BCUT2D eigenvalue weighted by atomic mass is 16.2. The van der Waals surface area contributed by atoms with Crippen molar-refractivity contribution in [1.29, 1.82) is 0 Å². The van der Waals surface area contributed by atoms with Crippen molar-refractivity contribution in [1.82, 2.24) is 24.7 Å². The van der Waals surface area contributed by atoms with Crippen LogP contribution in [0.15, 0.2) is 54.9 Å². The number of nitrogens with zero attached hydrogens (tertiary/aromatic N) is 4. The third-order valence-corrected chi connectivity index (χ3v) is 8.19. The van der Waals surface area contributed by atoms with E-state index in [9.17, 15) is 4.79 Å². The molecular formula is C31H35N5O. The Kier molecular flexibility index (Phi) is 5.89. The molecule has 6 heteroatoms. The van der Waals surface area contributed by atoms with Crippen molar-refractivity contribution in [3.8, 4) is 22.3 Å². The second-order valence-corrected chi connectivity index (χ2v) is 11.3. The molecule has 4 aromatic rings. The van der Waals surface area contributed by atoms with Gasteiger partial charge in [-0.1, -0.05) is 18.2 Å². The second-order valence-electron chi connectivity index (χ2n) is 11.3. The Bertz CT molecular complexity index is 1480. The first kappa shape index (κ1) is 23.9. The number of carbonyl (C=O) groups excluding carboxylic acids is 1. The van der Waals surface area contributed by atoms with E-state index in [0.29, 0.717) is 17.5 Å². The van der Waals surface area contributed by atoms with Gasteiger partial charge in [-0.2, -0.15) is 0 Å². The maximum Gasteiger partial charge on any atom is 0.253 e. The molecule has 0 bridgehead atoms. The lowest BCUT2D eigenvalue weighted by Gasteiger charge is -2.41. The normalized spacial score (nSPS) is 19.3. The number of aromatic nitrogens is 2. The molecule has 1 aliphatic carbocycles. The molecular weight excluding hydrogens is 458 g/mol. The molecule has 3 heterocycles. The lowest BCUT2D eigenvalue weighted by atomic mass is 9.74. The molecule has 1 amide bonds. The molecule has 0 spiro atoms. The van der Waals surface area contributed by atoms with Gasteiger partial charge >= 0.3 is 0 Å². The first-order valence-electron chi connectivity index (χ1n) is 13.1. The lowest BCUT2D eigenvalue weighted by molar-refractivity contribution is 0.0827. The average molecular weight is 494 g/mol. The Hall–Kier alpha value is -3.48. The number of hydrogen-bond acceptors (Lipinski definition) is 4. The summed E-state index contributed by atoms with van der Waals surface area (Å²) in [4.78, 5) is 26.9. The van der Waals surface area contributed by atoms with Gasteiger partial charge in [0.2, 0.25) is 0 Å². The quantitative estimate of drug-likeness (QED) is 0.435. The van der Waals surface area contributed by atoms with Crippen LogP contribution in [-0.4, -0.2) is 78.4 Å². The van der Waals surface area contributed by atoms with Crippen LogP contribution in [0.5, 0.6) is 0 Å². The van der Waals surface area contributed by atoms with Crippen LogP contribution < -0.4 is 0 Å². The number of rotatable bonds is 4. The Morgan fingerprint density at radius 3 is 2.49 bits per heavy atom. The smallest absolute Gasteiger partial charge is 0.253 e. The Labute approximate surface area is 218 Å². The van der Waals surface area contributed by atoms with Gasteiger partial charge in [-0.25, -0.2) is 4.98 Å². The van der Waals surface area contributed by atoms with Crippen molar-refractivity contribution >= 4 is 16.9 Å². The SMILES string of the molecule is CN1Cc2cc(-c3cnc4[nH]cc(-c5ccc(C(=O)N(C)C)cc5)c4c3)cc3c2C(CC(N(C)C)C3)C1. The van der Waals surface area contributed by atoms with Crippen LogP contribution >= 0.6 is 0 Å². The van der Waals surface area contributed by atoms with Crippen molar-refractivity contribution in [3.63, 3.8) is 0 Å². The predicted molar refractivity (Wildman–Crippen MR) is 150 cm³/mol. The van der Waals surface area contributed by atoms with Gasteiger partial charge in [-0.05, 0) is 92.0 Å². The van der Waals surface area contributed by atoms with E-state index < -0.39 is 0 Å². The van der Waals surface area contributed by atoms with Gasteiger partial charge in [0.05, 0.1) is 0 Å². The Morgan fingerprint density at radius 2 is 1.76 bits per heavy atom. The maximum atomic E-state index is 12.3. The minimum Gasteiger partial charge on any atom is -0.346 e. The molecule has 1 N–H and O–H groups in total. The van der Waals surface area contributed by atoms with Crippen LogP contribution in [0.1, 0.15) is 39.4 Å². The number of nitrogens with one attached hydrogen (secondary N) is 1. The lowest BCUT2D eigenvalue weighted by Crippen LogP contribution is -2.41. The summed E-state index contributed by atoms with van der Waals surface area (Å²) in [6.07, 6.45) is 6.34. The van der Waals surface area contributed by atoms with E-state index in [1.165, 1.54) is 23.1 Å². The zero-order chi connectivity index (χ0) is 25.8. The standard InChI is InChI=1S/C31H35N5O/c1-34(2)26-12-22-10-21(11-24-17-36(5)18-25(13-26)29(22)24)23-14-27-28(16-33-30(27)32-15-23)19-6-8-20(9-7-19)31(37)35(3)4/h6-11,14-16,25-26H,12-13,17-18H2,1-5H3,(H,32,33). The monoisotopic (exact) mass is 493 g/mol. The molecule has 37 heavy (non-hydrogen) atoms. The number of hydrogen-bond donors (Lipinski definition) is 1. The van der Waals surface area contributed by atoms with Gasteiger partial charge in [0, 0.05) is 67.7 Å². The molecule has 2 aromatic carbocycles. The first-order chi connectivity index (χ1) is 17.8. The molecule has 2 unspecified atom stereocenters. The highest BCUT2D eigenvalue weighted by molar-refractivity contribution is 5.98. The summed E-state index contributed by atoms with van der Waals surface area (Å²) >= 11 is 0. The van der Waals surface area contributed by atoms with Gasteiger partial charge in [-0.3, -0.25) is 4.79 Å². The Morgan fingerprint density at radius 1 is 1.00 bits per heavy atom. The van der Waals surface area contributed by atoms with Crippen LogP contribution in [0.3, 0.4) is 0 Å². The third-order valence-electron chi connectivity index (χ3n) is 8.19. The number of carbonyl (C=O) groups is 1. The van der Waals surface area contributed by atoms with Crippen LogP contribution in [0, 0.1) is 0 Å². The minimum atomic E-state index is 0.00944. The average Bonchev–Trinajstić information content (AvgIpc) is 3.31. The highest BCUT2D eigenvalue weighted by Gasteiger charge is 2.34. The fourth-order valence-corrected chi connectivity index (χ4v) is 6.29. The van der Waals surface area contributed by atoms with E-state index in [1.54, 1.807) is 24.6 Å². The van der Waals surface area contributed by atoms with E-state index in [-0.39, 0.29) is 5.91 Å². The molecule has 0 saturated heterocycles. The van der Waals surface area contributed by atoms with Crippen molar-refractivity contribution in [3.05, 3.63) is 77.1 Å². The van der Waals surface area contributed by atoms with Crippen molar-refractivity contribution in [2.24, 2.45) is 0 Å². The summed E-state index contributed by atoms with van der Waals surface area (Å²) in [5, 5.41) is 1.09. The Balaban J connectivity index is 1.41. The van der Waals surface area contributed by atoms with Crippen LogP contribution in [0.4, 0.5) is 0 Å². The number of pyridine rings is 1. The van der Waals surface area contributed by atoms with E-state index in [0.717, 1.165) is 47.2 Å². The first-order valence-corrected chi connectivity index (χ1v) is 13.1. The third kappa shape index (κ3) is 4.24. The number of H-pyrrole nitrogens is 1. The zero-order valence-corrected chi connectivity index (χ0v) is 22.4. The van der Waals surface area contributed by atoms with Crippen molar-refractivity contribution in [2.45, 2.75) is 31.3 Å². The van der Waals surface area contributed by atoms with Crippen molar-refractivity contribution in [2.75, 3.05) is 41.8 Å². The molecule has 2 aromatic heterocycles. The summed E-state index contributed by atoms with van der Waals surface area (Å²) in [5.74, 6) is 0.619. The molecule has 1 aliphatic heterocycles. The van der Waals surface area contributed by atoms with E-state index >= 15 is 0 Å². The van der Waals surface area contributed by atoms with Gasteiger partial charge in [0.1, 0.15) is 5.65 Å². The maximum absolute atomic E-state index is 12.3. The van der Waals surface area contributed by atoms with E-state index in [4.69, 9.17) is 4.98 Å². The summed E-state index contributed by atoms with van der Waals surface area (Å²) < 4.78 is 0. The molecule has 2 aliphatic rings. The molecule has 190 valence electrons. The molecule has 2 atom stereocenters. The number of aromatic amines is 1. The summed E-state index contributed by atoms with van der Waals surface area (Å²) in [6, 6.07) is 15.5. The summed E-state index contributed by atoms with van der Waals surface area (Å²) in [7, 11) is 10.2. The number of amides is 1. The van der Waals surface area contributed by atoms with Crippen LogP contribution in [0.25, 0.3) is 33.3 Å². The van der Waals surface area contributed by atoms with Gasteiger partial charge < -0.3 is 19.7 Å². The summed E-state index contributed by atoms with van der Waals surface area (Å²) in [6.45, 7) is 2.14. The fraction of sp³-hybridized carbons (Fsp3) is 0.355. The van der Waals surface area contributed by atoms with Crippen molar-refractivity contribution < 1.29 is 4.79 Å². The minimum absolute atomic E-state index is 0.00944. The number of benzene rings is 2. The number of fused-ring (bicyclic) bond motifs is 1. The molecule has 0 saturated carbocycles. The molecule has 0 radical (unpaired) electrons. The number of likely N-dealkylation sites (N-methyl/N-ethyl adjacent to an activating group) is 2. The van der Waals surface area contributed by atoms with Gasteiger partial charge in [-0.15, -0.1) is 0 Å². The molecule has 0 fully saturated rings. The van der Waals surface area contributed by atoms with Crippen LogP contribution in [0.2, 0.25) is 0 Å². The highest BCUT2D eigenvalue weighted by Crippen LogP contribution is 2.42. The van der Waals surface area contributed by atoms with Gasteiger partial charge in [0.25, 0.3) is 5.91 Å².